The number of rotatable bonds is 6. The number of nitrogens with one attached hydrogen (secondary N) is 2. The number of ether oxygens (including phenoxy) is 1. The molecule has 244 valence electrons. The molecule has 1 atom stereocenters. The number of hydrogen-bond donors (Lipinski definition) is 2. The first-order valence-corrected chi connectivity index (χ1v) is 16.9. The first kappa shape index (κ1) is 30.5. The van der Waals surface area contributed by atoms with Crippen LogP contribution in [0.2, 0.25) is 0 Å². The SMILES string of the molecule is Cc1cc(CC(OC(=O)N2CCC(n3c(=O)[nH]c4ccccc43)CC2)C(=O)N2CCC(C3CCN(C)CC3)CC2)cc2cn[nH]c12. The minimum Gasteiger partial charge on any atom is -0.436 e. The summed E-state index contributed by atoms with van der Waals surface area (Å²) in [6.45, 7) is 6.64. The van der Waals surface area contributed by atoms with E-state index in [9.17, 15) is 14.4 Å². The van der Waals surface area contributed by atoms with Crippen molar-refractivity contribution in [2.75, 3.05) is 46.3 Å². The summed E-state index contributed by atoms with van der Waals surface area (Å²) in [5.41, 5.74) is 4.51. The van der Waals surface area contributed by atoms with Gasteiger partial charge in [0, 0.05) is 44.0 Å². The van der Waals surface area contributed by atoms with Crippen molar-refractivity contribution in [3.8, 4) is 0 Å². The number of aromatic nitrogens is 4. The zero-order chi connectivity index (χ0) is 31.8. The van der Waals surface area contributed by atoms with Crippen LogP contribution in [0.3, 0.4) is 0 Å². The van der Waals surface area contributed by atoms with Gasteiger partial charge in [0.15, 0.2) is 6.10 Å². The number of hydrogen-bond acceptors (Lipinski definition) is 6. The molecule has 3 aliphatic rings. The number of imidazole rings is 1. The van der Waals surface area contributed by atoms with Crippen molar-refractivity contribution in [1.29, 1.82) is 0 Å². The molecule has 7 rings (SSSR count). The Morgan fingerprint density at radius 3 is 2.35 bits per heavy atom. The lowest BCUT2D eigenvalue weighted by Gasteiger charge is -2.40. The van der Waals surface area contributed by atoms with Gasteiger partial charge in [-0.05, 0) is 107 Å². The average Bonchev–Trinajstić information content (AvgIpc) is 3.68. The molecule has 5 heterocycles. The van der Waals surface area contributed by atoms with Gasteiger partial charge < -0.3 is 24.4 Å². The molecule has 2 amide bonds. The Morgan fingerprint density at radius 2 is 1.61 bits per heavy atom. The monoisotopic (exact) mass is 627 g/mol. The maximum absolute atomic E-state index is 14.1. The minimum absolute atomic E-state index is 0.0133. The lowest BCUT2D eigenvalue weighted by atomic mass is 9.79. The largest absolute Gasteiger partial charge is 0.436 e. The van der Waals surface area contributed by atoms with E-state index >= 15 is 0 Å². The summed E-state index contributed by atoms with van der Waals surface area (Å²) in [5.74, 6) is 1.27. The van der Waals surface area contributed by atoms with Crippen LogP contribution in [-0.2, 0) is 16.0 Å². The standard InChI is InChI=1S/C35H45N7O4/c1-23-19-24(20-27-22-36-38-32(23)27)21-31(33(43)40-15-9-26(10-16-40)25-7-13-39(2)14-8-25)46-35(45)41-17-11-28(12-18-41)42-30-6-4-3-5-29(30)37-34(42)44/h3-6,19-20,22,25-26,28,31H,7-18,21H2,1-2H3,(H,36,38)(H,37,44). The van der Waals surface area contributed by atoms with Crippen LogP contribution in [-0.4, -0.2) is 98.9 Å². The zero-order valence-electron chi connectivity index (χ0n) is 26.9. The Morgan fingerprint density at radius 1 is 0.935 bits per heavy atom. The molecule has 11 heteroatoms. The summed E-state index contributed by atoms with van der Waals surface area (Å²) >= 11 is 0. The summed E-state index contributed by atoms with van der Waals surface area (Å²) in [4.78, 5) is 49.4. The maximum atomic E-state index is 14.1. The van der Waals surface area contributed by atoms with Crippen molar-refractivity contribution in [1.82, 2.24) is 34.4 Å². The third-order valence-corrected chi connectivity index (χ3v) is 10.7. The van der Waals surface area contributed by atoms with E-state index < -0.39 is 12.2 Å². The van der Waals surface area contributed by atoms with Crippen LogP contribution in [0.4, 0.5) is 4.79 Å². The van der Waals surface area contributed by atoms with Crippen molar-refractivity contribution in [3.63, 3.8) is 0 Å². The number of aromatic amines is 2. The number of fused-ring (bicyclic) bond motifs is 2. The second kappa shape index (κ2) is 12.9. The predicted octanol–water partition coefficient (Wildman–Crippen LogP) is 4.48. The van der Waals surface area contributed by atoms with E-state index in [4.69, 9.17) is 4.74 Å². The Labute approximate surface area is 268 Å². The third kappa shape index (κ3) is 6.17. The van der Waals surface area contributed by atoms with E-state index in [0.29, 0.717) is 51.4 Å². The summed E-state index contributed by atoms with van der Waals surface area (Å²) in [7, 11) is 2.19. The van der Waals surface area contributed by atoms with Crippen LogP contribution < -0.4 is 5.69 Å². The highest BCUT2D eigenvalue weighted by Crippen LogP contribution is 2.33. The zero-order valence-corrected chi connectivity index (χ0v) is 26.9. The van der Waals surface area contributed by atoms with Gasteiger partial charge in [-0.2, -0.15) is 5.10 Å². The van der Waals surface area contributed by atoms with Crippen molar-refractivity contribution < 1.29 is 14.3 Å². The highest BCUT2D eigenvalue weighted by molar-refractivity contribution is 5.85. The van der Waals surface area contributed by atoms with E-state index in [1.165, 1.54) is 12.8 Å². The molecule has 0 saturated carbocycles. The molecule has 4 aromatic rings. The van der Waals surface area contributed by atoms with Gasteiger partial charge in [0.05, 0.1) is 22.7 Å². The van der Waals surface area contributed by atoms with E-state index in [0.717, 1.165) is 64.9 Å². The van der Waals surface area contributed by atoms with Crippen LogP contribution in [0.15, 0.2) is 47.4 Å². The second-order valence-corrected chi connectivity index (χ2v) is 13.7. The highest BCUT2D eigenvalue weighted by atomic mass is 16.6. The number of nitrogens with zero attached hydrogens (tertiary/aromatic N) is 5. The van der Waals surface area contributed by atoms with Gasteiger partial charge in [-0.25, -0.2) is 9.59 Å². The number of likely N-dealkylation sites (tertiary alicyclic amines) is 3. The molecule has 0 aliphatic carbocycles. The van der Waals surface area contributed by atoms with E-state index in [1.807, 2.05) is 52.8 Å². The predicted molar refractivity (Wildman–Crippen MR) is 177 cm³/mol. The van der Waals surface area contributed by atoms with E-state index in [2.05, 4.69) is 27.1 Å². The van der Waals surface area contributed by atoms with Crippen LogP contribution in [0.1, 0.15) is 55.7 Å². The first-order valence-electron chi connectivity index (χ1n) is 16.9. The molecular formula is C35H45N7O4. The number of piperidine rings is 3. The van der Waals surface area contributed by atoms with Crippen LogP contribution in [0.5, 0.6) is 0 Å². The van der Waals surface area contributed by atoms with Gasteiger partial charge in [0.2, 0.25) is 0 Å². The number of carbonyl (C=O) groups is 2. The molecule has 2 aromatic heterocycles. The number of para-hydroxylation sites is 2. The smallest absolute Gasteiger partial charge is 0.410 e. The minimum atomic E-state index is -0.912. The molecule has 11 nitrogen and oxygen atoms in total. The first-order chi connectivity index (χ1) is 22.3. The quantitative estimate of drug-likeness (QED) is 0.326. The summed E-state index contributed by atoms with van der Waals surface area (Å²) in [6, 6.07) is 11.7. The summed E-state index contributed by atoms with van der Waals surface area (Å²) in [6.07, 6.45) is 6.45. The molecule has 3 fully saturated rings. The fourth-order valence-corrected chi connectivity index (χ4v) is 8.06. The Bertz CT molecular complexity index is 1750. The fourth-order valence-electron chi connectivity index (χ4n) is 8.06. The summed E-state index contributed by atoms with van der Waals surface area (Å²) in [5, 5.41) is 8.19. The Balaban J connectivity index is 1.03. The number of benzene rings is 2. The van der Waals surface area contributed by atoms with Gasteiger partial charge in [-0.3, -0.25) is 14.5 Å². The van der Waals surface area contributed by atoms with Gasteiger partial charge >= 0.3 is 11.8 Å². The topological polar surface area (TPSA) is 120 Å². The third-order valence-electron chi connectivity index (χ3n) is 10.7. The van der Waals surface area contributed by atoms with Gasteiger partial charge in [0.1, 0.15) is 0 Å². The Hall–Kier alpha value is -4.12. The molecule has 0 bridgehead atoms. The Kier molecular flexibility index (Phi) is 8.59. The van der Waals surface area contributed by atoms with Gasteiger partial charge in [0.25, 0.3) is 5.91 Å². The number of aryl methyl sites for hydroxylation is 1. The molecule has 3 saturated heterocycles. The van der Waals surface area contributed by atoms with Crippen molar-refractivity contribution in [3.05, 3.63) is 64.2 Å². The van der Waals surface area contributed by atoms with Crippen molar-refractivity contribution in [2.24, 2.45) is 11.8 Å². The molecule has 0 spiro atoms. The average molecular weight is 628 g/mol. The second-order valence-electron chi connectivity index (χ2n) is 13.7. The fraction of sp³-hybridized carbons (Fsp3) is 0.543. The molecule has 46 heavy (non-hydrogen) atoms. The highest BCUT2D eigenvalue weighted by Gasteiger charge is 2.36. The van der Waals surface area contributed by atoms with Crippen molar-refractivity contribution >= 4 is 33.9 Å². The van der Waals surface area contributed by atoms with Gasteiger partial charge in [-0.1, -0.05) is 18.2 Å². The molecule has 3 aliphatic heterocycles. The van der Waals surface area contributed by atoms with E-state index in [-0.39, 0.29) is 17.6 Å². The van der Waals surface area contributed by atoms with Crippen LogP contribution in [0, 0.1) is 18.8 Å². The molecule has 1 unspecified atom stereocenters. The molecule has 2 N–H and O–H groups in total. The van der Waals surface area contributed by atoms with E-state index in [1.54, 1.807) is 11.1 Å². The van der Waals surface area contributed by atoms with Crippen LogP contribution >= 0.6 is 0 Å². The van der Waals surface area contributed by atoms with Crippen molar-refractivity contribution in [2.45, 2.75) is 64.0 Å². The number of amides is 2. The molecule has 0 radical (unpaired) electrons. The number of H-pyrrole nitrogens is 2. The molecular weight excluding hydrogens is 582 g/mol. The summed E-state index contributed by atoms with van der Waals surface area (Å²) < 4.78 is 7.92. The van der Waals surface area contributed by atoms with Crippen LogP contribution in [0.25, 0.3) is 21.9 Å². The normalized spacial score (nSPS) is 20.0. The van der Waals surface area contributed by atoms with Gasteiger partial charge in [-0.15, -0.1) is 0 Å². The lowest BCUT2D eigenvalue weighted by Crippen LogP contribution is -2.49. The number of carbonyl (C=O) groups excluding carboxylic acids is 2. The lowest BCUT2D eigenvalue weighted by molar-refractivity contribution is -0.142. The maximum Gasteiger partial charge on any atom is 0.410 e. The molecule has 2 aromatic carbocycles.